The molecule has 19 heavy (non-hydrogen) atoms. The maximum Gasteiger partial charge on any atom is 0.0502 e. The molecule has 0 saturated heterocycles. The number of halogens is 2. The number of aliphatic hydroxyl groups is 1. The van der Waals surface area contributed by atoms with E-state index in [-0.39, 0.29) is 12.5 Å². The van der Waals surface area contributed by atoms with Crippen molar-refractivity contribution in [3.8, 4) is 0 Å². The fraction of sp³-hybridized carbons (Fsp3) is 0.250. The minimum atomic E-state index is 0.0114. The molecule has 0 aliphatic heterocycles. The van der Waals surface area contributed by atoms with E-state index in [9.17, 15) is 5.11 Å². The van der Waals surface area contributed by atoms with Crippen LogP contribution in [0.15, 0.2) is 42.5 Å². The Labute approximate surface area is 123 Å². The van der Waals surface area contributed by atoms with Crippen molar-refractivity contribution >= 4 is 23.2 Å². The summed E-state index contributed by atoms with van der Waals surface area (Å²) in [6.45, 7) is 2.12. The Kier molecular flexibility index (Phi) is 4.87. The third-order valence-corrected chi connectivity index (χ3v) is 3.95. The van der Waals surface area contributed by atoms with Crippen molar-refractivity contribution in [2.24, 2.45) is 0 Å². The van der Waals surface area contributed by atoms with Gasteiger partial charge in [-0.2, -0.15) is 0 Å². The predicted octanol–water partition coefficient (Wildman–Crippen LogP) is 4.62. The highest BCUT2D eigenvalue weighted by molar-refractivity contribution is 6.36. The second-order valence-electron chi connectivity index (χ2n) is 4.70. The van der Waals surface area contributed by atoms with Gasteiger partial charge in [0.25, 0.3) is 0 Å². The molecule has 0 aromatic heterocycles. The molecule has 100 valence electrons. The number of hydrogen-bond acceptors (Lipinski definition) is 1. The maximum atomic E-state index is 9.63. The van der Waals surface area contributed by atoms with E-state index in [1.807, 2.05) is 43.3 Å². The van der Waals surface area contributed by atoms with Gasteiger partial charge in [0.05, 0.1) is 6.61 Å². The summed E-state index contributed by atoms with van der Waals surface area (Å²) in [4.78, 5) is 0. The molecule has 1 atom stereocenters. The zero-order chi connectivity index (χ0) is 13.8. The Bertz CT molecular complexity index is 546. The average molecular weight is 295 g/mol. The minimum absolute atomic E-state index is 0.0114. The molecule has 0 radical (unpaired) electrons. The third kappa shape index (κ3) is 3.50. The second kappa shape index (κ2) is 6.42. The summed E-state index contributed by atoms with van der Waals surface area (Å²) in [7, 11) is 0. The van der Waals surface area contributed by atoms with Crippen LogP contribution in [0, 0.1) is 6.92 Å². The Morgan fingerprint density at radius 2 is 1.68 bits per heavy atom. The average Bonchev–Trinajstić information content (AvgIpc) is 2.38. The van der Waals surface area contributed by atoms with E-state index in [0.717, 1.165) is 11.1 Å². The first-order valence-corrected chi connectivity index (χ1v) is 6.97. The van der Waals surface area contributed by atoms with Gasteiger partial charge in [-0.1, -0.05) is 59.1 Å². The van der Waals surface area contributed by atoms with Gasteiger partial charge in [0.2, 0.25) is 0 Å². The molecule has 1 unspecified atom stereocenters. The van der Waals surface area contributed by atoms with Crippen LogP contribution in [0.25, 0.3) is 0 Å². The van der Waals surface area contributed by atoms with Crippen molar-refractivity contribution in [2.75, 3.05) is 6.61 Å². The van der Waals surface area contributed by atoms with Gasteiger partial charge in [0.1, 0.15) is 0 Å². The molecule has 0 aliphatic rings. The molecular weight excluding hydrogens is 279 g/mol. The smallest absolute Gasteiger partial charge is 0.0502 e. The Balaban J connectivity index is 2.29. The van der Waals surface area contributed by atoms with E-state index in [0.29, 0.717) is 16.5 Å². The summed E-state index contributed by atoms with van der Waals surface area (Å²) >= 11 is 12.4. The summed E-state index contributed by atoms with van der Waals surface area (Å²) in [5, 5.41) is 10.9. The maximum absolute atomic E-state index is 9.63. The summed E-state index contributed by atoms with van der Waals surface area (Å²) in [5.41, 5.74) is 3.19. The molecule has 0 amide bonds. The molecule has 2 aromatic carbocycles. The lowest BCUT2D eigenvalue weighted by molar-refractivity contribution is 0.264. The van der Waals surface area contributed by atoms with Gasteiger partial charge < -0.3 is 5.11 Å². The zero-order valence-electron chi connectivity index (χ0n) is 10.7. The second-order valence-corrected chi connectivity index (χ2v) is 5.51. The van der Waals surface area contributed by atoms with E-state index >= 15 is 0 Å². The normalized spacial score (nSPS) is 12.4. The lowest BCUT2D eigenvalue weighted by Crippen LogP contribution is -2.08. The molecular formula is C16H16Cl2O. The van der Waals surface area contributed by atoms with Crippen molar-refractivity contribution in [1.82, 2.24) is 0 Å². The topological polar surface area (TPSA) is 20.2 Å². The molecule has 1 nitrogen and oxygen atoms in total. The van der Waals surface area contributed by atoms with Gasteiger partial charge in [0, 0.05) is 16.0 Å². The van der Waals surface area contributed by atoms with Crippen molar-refractivity contribution < 1.29 is 5.11 Å². The molecule has 0 spiro atoms. The summed E-state index contributed by atoms with van der Waals surface area (Å²) in [5.74, 6) is 0.0114. The van der Waals surface area contributed by atoms with Gasteiger partial charge in [-0.25, -0.2) is 0 Å². The van der Waals surface area contributed by atoms with Crippen LogP contribution >= 0.6 is 23.2 Å². The summed E-state index contributed by atoms with van der Waals surface area (Å²) in [6, 6.07) is 13.6. The molecule has 0 saturated carbocycles. The fourth-order valence-corrected chi connectivity index (χ4v) is 2.74. The molecule has 2 rings (SSSR count). The lowest BCUT2D eigenvalue weighted by Gasteiger charge is -2.17. The van der Waals surface area contributed by atoms with Crippen LogP contribution in [0.4, 0.5) is 0 Å². The lowest BCUT2D eigenvalue weighted by atomic mass is 9.92. The van der Waals surface area contributed by atoms with Crippen LogP contribution in [-0.4, -0.2) is 11.7 Å². The molecule has 0 aliphatic carbocycles. The molecule has 1 N–H and O–H groups in total. The summed E-state index contributed by atoms with van der Waals surface area (Å²) < 4.78 is 0. The summed E-state index contributed by atoms with van der Waals surface area (Å²) in [6.07, 6.45) is 0.637. The van der Waals surface area contributed by atoms with Crippen LogP contribution in [0.5, 0.6) is 0 Å². The first kappa shape index (κ1) is 14.4. The van der Waals surface area contributed by atoms with E-state index in [1.165, 1.54) is 5.56 Å². The van der Waals surface area contributed by atoms with Gasteiger partial charge in [-0.15, -0.1) is 0 Å². The van der Waals surface area contributed by atoms with Gasteiger partial charge in [-0.05, 0) is 36.6 Å². The standard InChI is InChI=1S/C16H16Cl2O/c1-11-4-2-5-12(8-11)13(10-19)9-14-15(17)6-3-7-16(14)18/h2-8,13,19H,9-10H2,1H3. The molecule has 2 aromatic rings. The largest absolute Gasteiger partial charge is 0.396 e. The van der Waals surface area contributed by atoms with Crippen molar-refractivity contribution in [1.29, 1.82) is 0 Å². The quantitative estimate of drug-likeness (QED) is 0.872. The van der Waals surface area contributed by atoms with Crippen LogP contribution in [-0.2, 0) is 6.42 Å². The highest BCUT2D eigenvalue weighted by atomic mass is 35.5. The number of rotatable bonds is 4. The first-order valence-electron chi connectivity index (χ1n) is 6.22. The van der Waals surface area contributed by atoms with Crippen molar-refractivity contribution in [3.63, 3.8) is 0 Å². The van der Waals surface area contributed by atoms with Gasteiger partial charge >= 0.3 is 0 Å². The third-order valence-electron chi connectivity index (χ3n) is 3.25. The molecule has 0 heterocycles. The number of hydrogen-bond donors (Lipinski definition) is 1. The van der Waals surface area contributed by atoms with E-state index in [1.54, 1.807) is 0 Å². The van der Waals surface area contributed by atoms with Gasteiger partial charge in [-0.3, -0.25) is 0 Å². The molecule has 0 fully saturated rings. The van der Waals surface area contributed by atoms with E-state index < -0.39 is 0 Å². The Morgan fingerprint density at radius 1 is 1.05 bits per heavy atom. The SMILES string of the molecule is Cc1cccc(C(CO)Cc2c(Cl)cccc2Cl)c1. The van der Waals surface area contributed by atoms with Gasteiger partial charge in [0.15, 0.2) is 0 Å². The zero-order valence-corrected chi connectivity index (χ0v) is 12.2. The predicted molar refractivity (Wildman–Crippen MR) is 81.2 cm³/mol. The number of aliphatic hydroxyl groups excluding tert-OH is 1. The molecule has 0 bridgehead atoms. The van der Waals surface area contributed by atoms with Crippen molar-refractivity contribution in [3.05, 3.63) is 69.2 Å². The Morgan fingerprint density at radius 3 is 2.26 bits per heavy atom. The molecule has 3 heteroatoms. The minimum Gasteiger partial charge on any atom is -0.396 e. The van der Waals surface area contributed by atoms with Crippen LogP contribution < -0.4 is 0 Å². The highest BCUT2D eigenvalue weighted by Gasteiger charge is 2.15. The van der Waals surface area contributed by atoms with Crippen LogP contribution in [0.1, 0.15) is 22.6 Å². The monoisotopic (exact) mass is 294 g/mol. The fourth-order valence-electron chi connectivity index (χ4n) is 2.19. The number of aryl methyl sites for hydroxylation is 1. The Hall–Kier alpha value is -1.02. The first-order chi connectivity index (χ1) is 9.11. The van der Waals surface area contributed by atoms with E-state index in [2.05, 4.69) is 6.07 Å². The number of benzene rings is 2. The van der Waals surface area contributed by atoms with Crippen LogP contribution in [0.3, 0.4) is 0 Å². The van der Waals surface area contributed by atoms with Crippen molar-refractivity contribution in [2.45, 2.75) is 19.3 Å². The van der Waals surface area contributed by atoms with Crippen LogP contribution in [0.2, 0.25) is 10.0 Å². The highest BCUT2D eigenvalue weighted by Crippen LogP contribution is 2.30. The van der Waals surface area contributed by atoms with E-state index in [4.69, 9.17) is 23.2 Å².